The molecule has 2 aromatic rings. The first-order valence-electron chi connectivity index (χ1n) is 15.1. The van der Waals surface area contributed by atoms with Gasteiger partial charge in [-0.05, 0) is 90.0 Å². The lowest BCUT2D eigenvalue weighted by atomic mass is 9.92. The lowest BCUT2D eigenvalue weighted by molar-refractivity contribution is -0.133. The van der Waals surface area contributed by atoms with Crippen molar-refractivity contribution in [3.63, 3.8) is 0 Å². The third-order valence-electron chi connectivity index (χ3n) is 9.57. The van der Waals surface area contributed by atoms with E-state index in [1.54, 1.807) is 12.1 Å². The van der Waals surface area contributed by atoms with E-state index in [-0.39, 0.29) is 22.4 Å². The van der Waals surface area contributed by atoms with Gasteiger partial charge in [0.1, 0.15) is 0 Å². The number of likely N-dealkylation sites (tertiary alicyclic amines) is 1. The van der Waals surface area contributed by atoms with E-state index in [9.17, 15) is 14.7 Å². The van der Waals surface area contributed by atoms with Crippen LogP contribution < -0.4 is 0 Å². The molecule has 0 radical (unpaired) electrons. The molecule has 2 aliphatic rings. The van der Waals surface area contributed by atoms with Gasteiger partial charge < -0.3 is 14.4 Å². The van der Waals surface area contributed by atoms with Gasteiger partial charge in [0.05, 0.1) is 10.6 Å². The van der Waals surface area contributed by atoms with Crippen molar-refractivity contribution in [2.24, 2.45) is 5.92 Å². The Morgan fingerprint density at radius 3 is 1.98 bits per heavy atom. The van der Waals surface area contributed by atoms with Gasteiger partial charge in [-0.2, -0.15) is 0 Å². The maximum Gasteiger partial charge on any atom is 0.337 e. The normalized spacial score (nSPS) is 21.9. The Morgan fingerprint density at radius 1 is 0.902 bits per heavy atom. The van der Waals surface area contributed by atoms with Crippen molar-refractivity contribution in [2.45, 2.75) is 109 Å². The smallest absolute Gasteiger partial charge is 0.337 e. The molecular weight excluding hydrogens is 573 g/mol. The van der Waals surface area contributed by atoms with E-state index in [2.05, 4.69) is 46.4 Å². The maximum absolute atomic E-state index is 13.5. The molecule has 8 heteroatoms. The van der Waals surface area contributed by atoms with Crippen LogP contribution in [0.25, 0.3) is 11.1 Å². The van der Waals surface area contributed by atoms with E-state index < -0.39 is 14.3 Å². The largest absolute Gasteiger partial charge is 0.478 e. The van der Waals surface area contributed by atoms with Crippen molar-refractivity contribution < 1.29 is 19.1 Å². The van der Waals surface area contributed by atoms with Crippen LogP contribution in [0.5, 0.6) is 0 Å². The number of hydrogen-bond donors (Lipinski definition) is 1. The summed E-state index contributed by atoms with van der Waals surface area (Å²) in [5.41, 5.74) is 4.42. The summed E-state index contributed by atoms with van der Waals surface area (Å²) in [6.45, 7) is 14.9. The maximum atomic E-state index is 13.5. The number of carboxylic acid groups (broad SMARTS) is 1. The number of halogens is 2. The number of carbonyl (C=O) groups is 2. The molecule has 1 aliphatic heterocycles. The molecule has 41 heavy (non-hydrogen) atoms. The van der Waals surface area contributed by atoms with E-state index in [0.29, 0.717) is 40.2 Å². The van der Waals surface area contributed by atoms with E-state index in [4.69, 9.17) is 27.6 Å². The summed E-state index contributed by atoms with van der Waals surface area (Å²) in [5.74, 6) is -0.862. The highest BCUT2D eigenvalue weighted by atomic mass is 35.5. The van der Waals surface area contributed by atoms with Crippen LogP contribution in [0, 0.1) is 5.92 Å². The number of nitrogens with zero attached hydrogens (tertiary/aromatic N) is 1. The zero-order valence-electron chi connectivity index (χ0n) is 25.3. The first-order valence-corrected chi connectivity index (χ1v) is 18.0. The molecule has 2 aromatic carbocycles. The van der Waals surface area contributed by atoms with Gasteiger partial charge in [0, 0.05) is 29.6 Å². The summed E-state index contributed by atoms with van der Waals surface area (Å²) in [5, 5.41) is 10.0. The van der Waals surface area contributed by atoms with E-state index >= 15 is 0 Å². The predicted octanol–water partition coefficient (Wildman–Crippen LogP) is 9.25. The molecule has 5 nitrogen and oxygen atoms in total. The van der Waals surface area contributed by atoms with Gasteiger partial charge in [-0.1, -0.05) is 82.9 Å². The number of rotatable bonds is 10. The summed E-state index contributed by atoms with van der Waals surface area (Å²) >= 11 is 12.8. The fourth-order valence-corrected chi connectivity index (χ4v) is 13.7. The van der Waals surface area contributed by atoms with Crippen molar-refractivity contribution in [1.82, 2.24) is 4.90 Å². The minimum atomic E-state index is -1.90. The monoisotopic (exact) mass is 617 g/mol. The lowest BCUT2D eigenvalue weighted by Gasteiger charge is -2.46. The van der Waals surface area contributed by atoms with Crippen LogP contribution in [-0.4, -0.2) is 48.9 Å². The first-order chi connectivity index (χ1) is 19.3. The van der Waals surface area contributed by atoms with Crippen LogP contribution in [0.15, 0.2) is 36.4 Å². The fraction of sp³-hybridized carbons (Fsp3) is 0.576. The third-order valence-corrected chi connectivity index (χ3v) is 16.4. The topological polar surface area (TPSA) is 66.8 Å². The highest BCUT2D eigenvalue weighted by molar-refractivity contribution is 6.77. The van der Waals surface area contributed by atoms with Gasteiger partial charge in [-0.15, -0.1) is 0 Å². The van der Waals surface area contributed by atoms with Crippen LogP contribution in [0.2, 0.25) is 26.7 Å². The lowest BCUT2D eigenvalue weighted by Crippen LogP contribution is -2.51. The average molecular weight is 619 g/mol. The molecule has 1 saturated carbocycles. The Bertz CT molecular complexity index is 1230. The highest BCUT2D eigenvalue weighted by Gasteiger charge is 2.47. The van der Waals surface area contributed by atoms with E-state index in [0.717, 1.165) is 55.3 Å². The Morgan fingerprint density at radius 2 is 1.46 bits per heavy atom. The van der Waals surface area contributed by atoms with E-state index in [1.807, 2.05) is 18.2 Å². The van der Waals surface area contributed by atoms with Crippen molar-refractivity contribution in [1.29, 1.82) is 0 Å². The second-order valence-corrected chi connectivity index (χ2v) is 19.1. The summed E-state index contributed by atoms with van der Waals surface area (Å²) in [7, 11) is -1.90. The summed E-state index contributed by atoms with van der Waals surface area (Å²) in [6.07, 6.45) is 5.88. The van der Waals surface area contributed by atoms with Crippen molar-refractivity contribution in [2.75, 3.05) is 6.54 Å². The van der Waals surface area contributed by atoms with Gasteiger partial charge in [0.2, 0.25) is 14.2 Å². The molecule has 1 heterocycles. The number of benzene rings is 2. The SMILES string of the molecule is CC(C)[Si](OC1CCC(N2CC[C@@H](Cc3ccc(-c4ccc(C(=O)O)c(Cl)c4)cc3Cl)C2=O)CC1)(C(C)C)C(C)C. The van der Waals surface area contributed by atoms with Crippen LogP contribution in [0.1, 0.15) is 89.6 Å². The summed E-state index contributed by atoms with van der Waals surface area (Å²) < 4.78 is 7.07. The molecule has 0 aromatic heterocycles. The predicted molar refractivity (Wildman–Crippen MR) is 171 cm³/mol. The highest BCUT2D eigenvalue weighted by Crippen LogP contribution is 2.45. The molecule has 1 atom stereocenters. The molecular formula is C33H45Cl2NO4Si. The molecule has 1 N–H and O–H groups in total. The molecule has 1 amide bonds. The van der Waals surface area contributed by atoms with Gasteiger partial charge in [-0.3, -0.25) is 4.79 Å². The van der Waals surface area contributed by atoms with Crippen molar-refractivity contribution in [3.8, 4) is 11.1 Å². The number of hydrogen-bond acceptors (Lipinski definition) is 3. The molecule has 1 saturated heterocycles. The van der Waals surface area contributed by atoms with Gasteiger partial charge >= 0.3 is 5.97 Å². The first kappa shape index (κ1) is 32.1. The van der Waals surface area contributed by atoms with Gasteiger partial charge in [0.15, 0.2) is 0 Å². The fourth-order valence-electron chi connectivity index (χ4n) is 7.51. The number of carbonyl (C=O) groups excluding carboxylic acids is 1. The molecule has 2 fully saturated rings. The Balaban J connectivity index is 1.36. The van der Waals surface area contributed by atoms with Gasteiger partial charge in [-0.25, -0.2) is 4.79 Å². The van der Waals surface area contributed by atoms with Crippen molar-refractivity contribution >= 4 is 43.4 Å². The van der Waals surface area contributed by atoms with Crippen LogP contribution in [0.4, 0.5) is 0 Å². The molecule has 4 rings (SSSR count). The quantitative estimate of drug-likeness (QED) is 0.270. The summed E-state index contributed by atoms with van der Waals surface area (Å²) in [4.78, 5) is 26.9. The number of aromatic carboxylic acids is 1. The average Bonchev–Trinajstić information content (AvgIpc) is 3.27. The minimum Gasteiger partial charge on any atom is -0.478 e. The molecule has 0 spiro atoms. The molecule has 1 aliphatic carbocycles. The standard InChI is InChI=1S/C33H45Cl2NO4Si/c1-20(2)41(21(3)4,22(5)6)40-28-12-10-27(11-13-28)36-16-15-26(32(36)37)17-25-8-7-23(18-30(25)34)24-9-14-29(33(38)39)31(35)19-24/h7-9,14,18-22,26-28H,10-13,15-17H2,1-6H3,(H,38,39)/t26-,27?,28?/m0/s1. The van der Waals surface area contributed by atoms with Crippen LogP contribution in [0.3, 0.4) is 0 Å². The number of amides is 1. The molecule has 224 valence electrons. The van der Waals surface area contributed by atoms with Crippen molar-refractivity contribution in [3.05, 3.63) is 57.6 Å². The second kappa shape index (κ2) is 13.2. The molecule has 0 bridgehead atoms. The third kappa shape index (κ3) is 6.71. The Kier molecular flexibility index (Phi) is 10.3. The summed E-state index contributed by atoms with van der Waals surface area (Å²) in [6, 6.07) is 11.0. The zero-order chi connectivity index (χ0) is 30.1. The minimum absolute atomic E-state index is 0.0560. The van der Waals surface area contributed by atoms with Crippen LogP contribution >= 0.6 is 23.2 Å². The van der Waals surface area contributed by atoms with Crippen LogP contribution in [-0.2, 0) is 15.6 Å². The second-order valence-electron chi connectivity index (χ2n) is 12.9. The Labute approximate surface area is 256 Å². The molecule has 0 unspecified atom stereocenters. The Hall–Kier alpha value is -1.86. The zero-order valence-corrected chi connectivity index (χ0v) is 27.8. The number of carboxylic acids is 1. The van der Waals surface area contributed by atoms with E-state index in [1.165, 1.54) is 6.07 Å². The van der Waals surface area contributed by atoms with Gasteiger partial charge in [0.25, 0.3) is 0 Å².